The molecule has 0 saturated carbocycles. The molecule has 0 unspecified atom stereocenters. The van der Waals surface area contributed by atoms with Crippen molar-refractivity contribution in [2.24, 2.45) is 0 Å². The summed E-state index contributed by atoms with van der Waals surface area (Å²) in [7, 11) is 0. The summed E-state index contributed by atoms with van der Waals surface area (Å²) in [5.41, 5.74) is 4.04. The summed E-state index contributed by atoms with van der Waals surface area (Å²) in [6.45, 7) is 4.09. The summed E-state index contributed by atoms with van der Waals surface area (Å²) in [6.07, 6.45) is 1.08. The molecule has 0 radical (unpaired) electrons. The number of rotatable bonds is 4. The summed E-state index contributed by atoms with van der Waals surface area (Å²) in [5, 5.41) is -0.0112. The van der Waals surface area contributed by atoms with E-state index in [4.69, 9.17) is 11.6 Å². The van der Waals surface area contributed by atoms with E-state index in [1.807, 2.05) is 32.0 Å². The number of benzene rings is 2. The van der Waals surface area contributed by atoms with Gasteiger partial charge in [-0.05, 0) is 55.2 Å². The second kappa shape index (κ2) is 6.19. The van der Waals surface area contributed by atoms with E-state index in [0.29, 0.717) is 18.4 Å². The molecule has 2 aromatic rings. The number of hydrogen-bond acceptors (Lipinski definition) is 1. The minimum Gasteiger partial charge on any atom is -0.294 e. The first-order chi connectivity index (χ1) is 9.49. The van der Waals surface area contributed by atoms with Gasteiger partial charge in [0.05, 0.1) is 5.02 Å². The lowest BCUT2D eigenvalue weighted by atomic mass is 9.96. The van der Waals surface area contributed by atoms with Gasteiger partial charge in [0.15, 0.2) is 5.78 Å². The minimum atomic E-state index is -0.502. The van der Waals surface area contributed by atoms with E-state index < -0.39 is 5.82 Å². The summed E-state index contributed by atoms with van der Waals surface area (Å²) >= 11 is 5.70. The molecule has 0 N–H and O–H groups in total. The van der Waals surface area contributed by atoms with Crippen molar-refractivity contribution >= 4 is 17.4 Å². The first-order valence-corrected chi connectivity index (χ1v) is 6.90. The van der Waals surface area contributed by atoms with Gasteiger partial charge in [-0.3, -0.25) is 4.79 Å². The highest BCUT2D eigenvalue weighted by Gasteiger charge is 2.10. The summed E-state index contributed by atoms with van der Waals surface area (Å²) in [4.78, 5) is 12.1. The number of aryl methyl sites for hydroxylation is 2. The largest absolute Gasteiger partial charge is 0.294 e. The first kappa shape index (κ1) is 14.7. The van der Waals surface area contributed by atoms with E-state index >= 15 is 0 Å². The zero-order valence-corrected chi connectivity index (χ0v) is 12.3. The Morgan fingerprint density at radius 1 is 1.15 bits per heavy atom. The SMILES string of the molecule is Cc1cccc(C)c1CCC(=O)c1ccc(F)c(Cl)c1. The van der Waals surface area contributed by atoms with Crippen LogP contribution >= 0.6 is 11.6 Å². The molecule has 104 valence electrons. The van der Waals surface area contributed by atoms with E-state index in [2.05, 4.69) is 0 Å². The predicted octanol–water partition coefficient (Wildman–Crippen LogP) is 4.91. The molecule has 0 aliphatic rings. The Kier molecular flexibility index (Phi) is 4.56. The molecule has 0 amide bonds. The summed E-state index contributed by atoms with van der Waals surface area (Å²) < 4.78 is 13.1. The molecule has 1 nitrogen and oxygen atoms in total. The third-order valence-electron chi connectivity index (χ3n) is 3.49. The van der Waals surface area contributed by atoms with Crippen LogP contribution < -0.4 is 0 Å². The Bertz CT molecular complexity index is 629. The molecular formula is C17H16ClFO. The normalized spacial score (nSPS) is 10.6. The van der Waals surface area contributed by atoms with Gasteiger partial charge in [-0.15, -0.1) is 0 Å². The van der Waals surface area contributed by atoms with Crippen LogP contribution in [-0.2, 0) is 6.42 Å². The molecule has 0 saturated heterocycles. The van der Waals surface area contributed by atoms with Crippen LogP contribution in [0.5, 0.6) is 0 Å². The third-order valence-corrected chi connectivity index (χ3v) is 3.78. The van der Waals surface area contributed by atoms with Crippen molar-refractivity contribution in [2.75, 3.05) is 0 Å². The molecule has 0 fully saturated rings. The van der Waals surface area contributed by atoms with Crippen LogP contribution in [0.2, 0.25) is 5.02 Å². The number of halogens is 2. The van der Waals surface area contributed by atoms with Gasteiger partial charge in [0.25, 0.3) is 0 Å². The van der Waals surface area contributed by atoms with Gasteiger partial charge >= 0.3 is 0 Å². The lowest BCUT2D eigenvalue weighted by Gasteiger charge is -2.09. The Labute approximate surface area is 123 Å². The molecule has 0 aliphatic carbocycles. The van der Waals surface area contributed by atoms with E-state index in [1.54, 1.807) is 0 Å². The number of carbonyl (C=O) groups excluding carboxylic acids is 1. The van der Waals surface area contributed by atoms with E-state index in [1.165, 1.54) is 34.9 Å². The molecule has 0 aromatic heterocycles. The van der Waals surface area contributed by atoms with Gasteiger partial charge in [-0.25, -0.2) is 4.39 Å². The van der Waals surface area contributed by atoms with Gasteiger partial charge in [0.1, 0.15) is 5.82 Å². The fourth-order valence-electron chi connectivity index (χ4n) is 2.30. The zero-order chi connectivity index (χ0) is 14.7. The third kappa shape index (κ3) is 3.26. The van der Waals surface area contributed by atoms with Crippen LogP contribution in [0.25, 0.3) is 0 Å². The van der Waals surface area contributed by atoms with Crippen molar-refractivity contribution in [2.45, 2.75) is 26.7 Å². The van der Waals surface area contributed by atoms with Crippen molar-refractivity contribution < 1.29 is 9.18 Å². The Hall–Kier alpha value is -1.67. The molecule has 0 spiro atoms. The number of hydrogen-bond donors (Lipinski definition) is 0. The highest BCUT2D eigenvalue weighted by atomic mass is 35.5. The van der Waals surface area contributed by atoms with Crippen molar-refractivity contribution in [3.05, 3.63) is 69.5 Å². The van der Waals surface area contributed by atoms with Gasteiger partial charge in [0.2, 0.25) is 0 Å². The number of ketones is 1. The lowest BCUT2D eigenvalue weighted by Crippen LogP contribution is -2.03. The molecule has 2 aromatic carbocycles. The van der Waals surface area contributed by atoms with Crippen LogP contribution in [0, 0.1) is 19.7 Å². The van der Waals surface area contributed by atoms with Crippen molar-refractivity contribution in [1.82, 2.24) is 0 Å². The fourth-order valence-corrected chi connectivity index (χ4v) is 2.48. The molecule has 0 atom stereocenters. The van der Waals surface area contributed by atoms with Gasteiger partial charge in [0, 0.05) is 12.0 Å². The summed E-state index contributed by atoms with van der Waals surface area (Å²) in [6, 6.07) is 10.2. The molecule has 20 heavy (non-hydrogen) atoms. The highest BCUT2D eigenvalue weighted by Crippen LogP contribution is 2.19. The van der Waals surface area contributed by atoms with Gasteiger partial charge in [-0.1, -0.05) is 29.8 Å². The van der Waals surface area contributed by atoms with Gasteiger partial charge < -0.3 is 0 Å². The Morgan fingerprint density at radius 2 is 1.80 bits per heavy atom. The predicted molar refractivity (Wildman–Crippen MR) is 80.0 cm³/mol. The zero-order valence-electron chi connectivity index (χ0n) is 11.5. The minimum absolute atomic E-state index is 0.0112. The van der Waals surface area contributed by atoms with Crippen molar-refractivity contribution in [1.29, 1.82) is 0 Å². The van der Waals surface area contributed by atoms with Crippen LogP contribution in [0.1, 0.15) is 33.5 Å². The molecule has 0 bridgehead atoms. The van der Waals surface area contributed by atoms with Crippen LogP contribution in [0.15, 0.2) is 36.4 Å². The maximum Gasteiger partial charge on any atom is 0.163 e. The van der Waals surface area contributed by atoms with E-state index in [-0.39, 0.29) is 10.8 Å². The maximum absolute atomic E-state index is 13.1. The van der Waals surface area contributed by atoms with Crippen molar-refractivity contribution in [3.63, 3.8) is 0 Å². The average Bonchev–Trinajstić information content (AvgIpc) is 2.41. The van der Waals surface area contributed by atoms with Gasteiger partial charge in [-0.2, -0.15) is 0 Å². The second-order valence-electron chi connectivity index (χ2n) is 4.92. The van der Waals surface area contributed by atoms with Crippen LogP contribution in [0.3, 0.4) is 0 Å². The Morgan fingerprint density at radius 3 is 2.40 bits per heavy atom. The van der Waals surface area contributed by atoms with Crippen LogP contribution in [-0.4, -0.2) is 5.78 Å². The molecular weight excluding hydrogens is 275 g/mol. The smallest absolute Gasteiger partial charge is 0.163 e. The van der Waals surface area contributed by atoms with Crippen LogP contribution in [0.4, 0.5) is 4.39 Å². The standard InChI is InChI=1S/C17H16ClFO/c1-11-4-3-5-12(2)14(11)7-9-17(20)13-6-8-16(19)15(18)10-13/h3-6,8,10H,7,9H2,1-2H3. The quantitative estimate of drug-likeness (QED) is 0.731. The molecule has 2 rings (SSSR count). The number of Topliss-reactive ketones (excluding diaryl/α,β-unsaturated/α-hetero) is 1. The lowest BCUT2D eigenvalue weighted by molar-refractivity contribution is 0.0983. The number of carbonyl (C=O) groups is 1. The average molecular weight is 291 g/mol. The second-order valence-corrected chi connectivity index (χ2v) is 5.33. The van der Waals surface area contributed by atoms with E-state index in [0.717, 1.165) is 0 Å². The summed E-state index contributed by atoms with van der Waals surface area (Å²) in [5.74, 6) is -0.521. The maximum atomic E-state index is 13.1. The molecule has 0 aliphatic heterocycles. The monoisotopic (exact) mass is 290 g/mol. The molecule has 3 heteroatoms. The van der Waals surface area contributed by atoms with E-state index in [9.17, 15) is 9.18 Å². The highest BCUT2D eigenvalue weighted by molar-refractivity contribution is 6.31. The van der Waals surface area contributed by atoms with Crippen molar-refractivity contribution in [3.8, 4) is 0 Å². The molecule has 0 heterocycles. The fraction of sp³-hybridized carbons (Fsp3) is 0.235. The Balaban J connectivity index is 2.11. The first-order valence-electron chi connectivity index (χ1n) is 6.52. The topological polar surface area (TPSA) is 17.1 Å².